The van der Waals surface area contributed by atoms with E-state index in [2.05, 4.69) is 10.2 Å². The molecule has 3 fully saturated rings. The van der Waals surface area contributed by atoms with Gasteiger partial charge in [-0.05, 0) is 43.7 Å². The van der Waals surface area contributed by atoms with E-state index in [-0.39, 0.29) is 12.4 Å². The Bertz CT molecular complexity index is 318. The lowest BCUT2D eigenvalue weighted by Gasteiger charge is -2.35. The van der Waals surface area contributed by atoms with Gasteiger partial charge in [-0.25, -0.2) is 0 Å². The molecule has 0 aromatic heterocycles. The molecular weight excluding hydrogens is 272 g/mol. The third-order valence-corrected chi connectivity index (χ3v) is 5.55. The molecule has 2 aliphatic heterocycles. The smallest absolute Gasteiger partial charge is 0.222 e. The van der Waals surface area contributed by atoms with E-state index in [4.69, 9.17) is 0 Å². The van der Waals surface area contributed by atoms with Crippen molar-refractivity contribution in [2.45, 2.75) is 51.4 Å². The standard InChI is InChI=1S/C16H28N2O.ClH/c19-16(7-6-13-4-2-1-3-5-13)18-9-8-14-10-17-11-15(14)12-18;/h13-15,17H,1-12H2;1H. The van der Waals surface area contributed by atoms with E-state index in [1.807, 2.05) is 0 Å². The van der Waals surface area contributed by atoms with E-state index < -0.39 is 0 Å². The summed E-state index contributed by atoms with van der Waals surface area (Å²) in [4.78, 5) is 14.5. The molecule has 0 aromatic carbocycles. The molecule has 0 spiro atoms. The number of piperidine rings is 1. The molecule has 0 bridgehead atoms. The Morgan fingerprint density at radius 2 is 1.80 bits per heavy atom. The minimum absolute atomic E-state index is 0. The number of hydrogen-bond donors (Lipinski definition) is 1. The van der Waals surface area contributed by atoms with Crippen molar-refractivity contribution in [3.8, 4) is 0 Å². The van der Waals surface area contributed by atoms with Gasteiger partial charge in [0.05, 0.1) is 0 Å². The van der Waals surface area contributed by atoms with Gasteiger partial charge in [-0.1, -0.05) is 32.1 Å². The fraction of sp³-hybridized carbons (Fsp3) is 0.938. The van der Waals surface area contributed by atoms with E-state index >= 15 is 0 Å². The highest BCUT2D eigenvalue weighted by Crippen LogP contribution is 2.29. The summed E-state index contributed by atoms with van der Waals surface area (Å²) in [7, 11) is 0. The number of hydrogen-bond acceptors (Lipinski definition) is 2. The van der Waals surface area contributed by atoms with Crippen molar-refractivity contribution < 1.29 is 4.79 Å². The minimum atomic E-state index is 0. The van der Waals surface area contributed by atoms with Crippen LogP contribution in [0, 0.1) is 17.8 Å². The summed E-state index contributed by atoms with van der Waals surface area (Å²) in [6.07, 6.45) is 10.1. The monoisotopic (exact) mass is 300 g/mol. The first-order valence-electron chi connectivity index (χ1n) is 8.31. The van der Waals surface area contributed by atoms with E-state index in [0.29, 0.717) is 5.91 Å². The van der Waals surface area contributed by atoms with Crippen LogP contribution in [0.1, 0.15) is 51.4 Å². The highest BCUT2D eigenvalue weighted by atomic mass is 35.5. The predicted molar refractivity (Wildman–Crippen MR) is 84.1 cm³/mol. The summed E-state index contributed by atoms with van der Waals surface area (Å²) in [6, 6.07) is 0. The SMILES string of the molecule is Cl.O=C(CCC1CCCCC1)N1CCC2CNCC2C1. The van der Waals surface area contributed by atoms with Crippen LogP contribution >= 0.6 is 12.4 Å². The Kier molecular flexibility index (Phi) is 6.16. The van der Waals surface area contributed by atoms with Crippen LogP contribution in [0.25, 0.3) is 0 Å². The van der Waals surface area contributed by atoms with Gasteiger partial charge in [0.1, 0.15) is 0 Å². The Hall–Kier alpha value is -0.280. The number of carbonyl (C=O) groups is 1. The average Bonchev–Trinajstić information content (AvgIpc) is 2.93. The number of amides is 1. The molecule has 1 aliphatic carbocycles. The fourth-order valence-electron chi connectivity index (χ4n) is 4.22. The minimum Gasteiger partial charge on any atom is -0.342 e. The molecule has 0 radical (unpaired) electrons. The summed E-state index contributed by atoms with van der Waals surface area (Å²) >= 11 is 0. The lowest BCUT2D eigenvalue weighted by Crippen LogP contribution is -2.43. The molecule has 116 valence electrons. The summed E-state index contributed by atoms with van der Waals surface area (Å²) in [5.41, 5.74) is 0. The highest BCUT2D eigenvalue weighted by molar-refractivity contribution is 5.85. The summed E-state index contributed by atoms with van der Waals surface area (Å²) in [5.74, 6) is 2.83. The molecule has 1 N–H and O–H groups in total. The zero-order chi connectivity index (χ0) is 13.1. The number of halogens is 1. The Labute approximate surface area is 129 Å². The average molecular weight is 301 g/mol. The maximum atomic E-state index is 12.3. The molecule has 2 saturated heterocycles. The molecule has 2 heterocycles. The zero-order valence-electron chi connectivity index (χ0n) is 12.5. The molecule has 20 heavy (non-hydrogen) atoms. The van der Waals surface area contributed by atoms with Crippen LogP contribution in [0.5, 0.6) is 0 Å². The fourth-order valence-corrected chi connectivity index (χ4v) is 4.22. The van der Waals surface area contributed by atoms with Crippen LogP contribution in [-0.4, -0.2) is 37.0 Å². The second-order valence-electron chi connectivity index (χ2n) is 6.85. The van der Waals surface area contributed by atoms with Crippen molar-refractivity contribution in [2.75, 3.05) is 26.2 Å². The van der Waals surface area contributed by atoms with Crippen molar-refractivity contribution in [3.63, 3.8) is 0 Å². The molecule has 3 aliphatic rings. The van der Waals surface area contributed by atoms with Crippen molar-refractivity contribution in [3.05, 3.63) is 0 Å². The molecule has 3 rings (SSSR count). The third kappa shape index (κ3) is 3.88. The second-order valence-corrected chi connectivity index (χ2v) is 6.85. The number of carbonyl (C=O) groups excluding carboxylic acids is 1. The molecular formula is C16H29ClN2O. The maximum absolute atomic E-state index is 12.3. The van der Waals surface area contributed by atoms with Crippen LogP contribution < -0.4 is 5.32 Å². The highest BCUT2D eigenvalue weighted by Gasteiger charge is 2.34. The van der Waals surface area contributed by atoms with Crippen LogP contribution in [0.4, 0.5) is 0 Å². The molecule has 4 heteroatoms. The van der Waals surface area contributed by atoms with Crippen LogP contribution in [0.2, 0.25) is 0 Å². The second kappa shape index (κ2) is 7.65. The van der Waals surface area contributed by atoms with E-state index in [0.717, 1.165) is 50.2 Å². The largest absolute Gasteiger partial charge is 0.342 e. The lowest BCUT2D eigenvalue weighted by molar-refractivity contribution is -0.133. The molecule has 3 nitrogen and oxygen atoms in total. The zero-order valence-corrected chi connectivity index (χ0v) is 13.3. The molecule has 1 amide bonds. The Morgan fingerprint density at radius 3 is 2.60 bits per heavy atom. The van der Waals surface area contributed by atoms with Gasteiger partial charge in [0.15, 0.2) is 0 Å². The van der Waals surface area contributed by atoms with Gasteiger partial charge in [-0.2, -0.15) is 0 Å². The number of nitrogens with zero attached hydrogens (tertiary/aromatic N) is 1. The van der Waals surface area contributed by atoms with Gasteiger partial charge >= 0.3 is 0 Å². The van der Waals surface area contributed by atoms with Crippen molar-refractivity contribution >= 4 is 18.3 Å². The summed E-state index contributed by atoms with van der Waals surface area (Å²) in [6.45, 7) is 4.32. The Morgan fingerprint density at radius 1 is 1.05 bits per heavy atom. The van der Waals surface area contributed by atoms with Gasteiger partial charge in [-0.15, -0.1) is 12.4 Å². The number of likely N-dealkylation sites (tertiary alicyclic amines) is 1. The van der Waals surface area contributed by atoms with E-state index in [1.165, 1.54) is 45.1 Å². The van der Waals surface area contributed by atoms with Crippen molar-refractivity contribution in [1.82, 2.24) is 10.2 Å². The van der Waals surface area contributed by atoms with Gasteiger partial charge in [0.2, 0.25) is 5.91 Å². The van der Waals surface area contributed by atoms with Crippen LogP contribution in [-0.2, 0) is 4.79 Å². The molecule has 2 atom stereocenters. The number of nitrogens with one attached hydrogen (secondary N) is 1. The lowest BCUT2D eigenvalue weighted by atomic mass is 9.85. The maximum Gasteiger partial charge on any atom is 0.222 e. The van der Waals surface area contributed by atoms with Gasteiger partial charge in [0, 0.05) is 19.5 Å². The first kappa shape index (κ1) is 16.1. The van der Waals surface area contributed by atoms with Crippen molar-refractivity contribution in [1.29, 1.82) is 0 Å². The van der Waals surface area contributed by atoms with Crippen LogP contribution in [0.15, 0.2) is 0 Å². The molecule has 2 unspecified atom stereocenters. The first-order valence-corrected chi connectivity index (χ1v) is 8.31. The first-order chi connectivity index (χ1) is 9.33. The summed E-state index contributed by atoms with van der Waals surface area (Å²) in [5, 5.41) is 3.47. The molecule has 0 aromatic rings. The van der Waals surface area contributed by atoms with Crippen molar-refractivity contribution in [2.24, 2.45) is 17.8 Å². The Balaban J connectivity index is 0.00000147. The van der Waals surface area contributed by atoms with E-state index in [1.54, 1.807) is 0 Å². The number of rotatable bonds is 3. The third-order valence-electron chi connectivity index (χ3n) is 5.55. The normalized spacial score (nSPS) is 30.7. The summed E-state index contributed by atoms with van der Waals surface area (Å²) < 4.78 is 0. The van der Waals surface area contributed by atoms with Gasteiger partial charge in [0.25, 0.3) is 0 Å². The van der Waals surface area contributed by atoms with Gasteiger partial charge in [-0.3, -0.25) is 4.79 Å². The van der Waals surface area contributed by atoms with Crippen LogP contribution in [0.3, 0.4) is 0 Å². The topological polar surface area (TPSA) is 32.3 Å². The number of fused-ring (bicyclic) bond motifs is 1. The van der Waals surface area contributed by atoms with E-state index in [9.17, 15) is 4.79 Å². The molecule has 1 saturated carbocycles. The quantitative estimate of drug-likeness (QED) is 0.869. The van der Waals surface area contributed by atoms with Gasteiger partial charge < -0.3 is 10.2 Å². The predicted octanol–water partition coefficient (Wildman–Crippen LogP) is 2.84.